The first-order valence-corrected chi connectivity index (χ1v) is 12.2. The minimum Gasteiger partial charge on any atom is -0.353 e. The van der Waals surface area contributed by atoms with E-state index >= 15 is 0 Å². The van der Waals surface area contributed by atoms with Crippen LogP contribution in [0.15, 0.2) is 36.4 Å². The van der Waals surface area contributed by atoms with E-state index in [1.165, 1.54) is 25.0 Å². The van der Waals surface area contributed by atoms with Crippen LogP contribution in [-0.2, 0) is 16.0 Å². The summed E-state index contributed by atoms with van der Waals surface area (Å²) >= 11 is 0. The van der Waals surface area contributed by atoms with Gasteiger partial charge < -0.3 is 10.2 Å². The molecule has 3 aliphatic carbocycles. The largest absolute Gasteiger partial charge is 0.353 e. The maximum atomic E-state index is 13.2. The molecule has 3 fully saturated rings. The van der Waals surface area contributed by atoms with Gasteiger partial charge in [-0.2, -0.15) is 0 Å². The number of fused-ring (bicyclic) bond motifs is 5. The van der Waals surface area contributed by atoms with Gasteiger partial charge in [0.25, 0.3) is 0 Å². The molecule has 0 saturated heterocycles. The lowest BCUT2D eigenvalue weighted by atomic mass is 9.48. The molecule has 0 unspecified atom stereocenters. The number of halogens is 1. The first-order valence-electron chi connectivity index (χ1n) is 12.2. The number of nitrogens with one attached hydrogen (secondary N) is 1. The number of benzene rings is 1. The van der Waals surface area contributed by atoms with Crippen molar-refractivity contribution in [2.75, 3.05) is 7.05 Å². The van der Waals surface area contributed by atoms with Crippen LogP contribution in [0, 0.1) is 34.4 Å². The predicted molar refractivity (Wildman–Crippen MR) is 122 cm³/mol. The van der Waals surface area contributed by atoms with Gasteiger partial charge in [-0.05, 0) is 85.5 Å². The minimum atomic E-state index is -0.274. The smallest absolute Gasteiger partial charge is 0.246 e. The van der Waals surface area contributed by atoms with Crippen LogP contribution in [0.5, 0.6) is 0 Å². The van der Waals surface area contributed by atoms with Crippen LogP contribution < -0.4 is 5.32 Å². The Morgan fingerprint density at radius 3 is 2.59 bits per heavy atom. The average molecular weight is 439 g/mol. The van der Waals surface area contributed by atoms with Gasteiger partial charge in [0.1, 0.15) is 5.82 Å². The van der Waals surface area contributed by atoms with Crippen LogP contribution >= 0.6 is 0 Å². The maximum Gasteiger partial charge on any atom is 0.246 e. The Bertz CT molecular complexity index is 943. The van der Waals surface area contributed by atoms with Crippen molar-refractivity contribution in [3.8, 4) is 0 Å². The van der Waals surface area contributed by atoms with E-state index in [2.05, 4.69) is 25.2 Å². The third-order valence-corrected chi connectivity index (χ3v) is 9.74. The first-order chi connectivity index (χ1) is 15.2. The number of carbonyl (C=O) groups is 2. The van der Waals surface area contributed by atoms with Crippen LogP contribution in [0.25, 0.3) is 0 Å². The fourth-order valence-electron chi connectivity index (χ4n) is 8.01. The number of amides is 2. The fraction of sp³-hybridized carbons (Fsp3) is 0.630. The number of carbonyl (C=O) groups excluding carboxylic acids is 2. The Morgan fingerprint density at radius 1 is 1.09 bits per heavy atom. The number of rotatable bonds is 3. The molecule has 0 bridgehead atoms. The van der Waals surface area contributed by atoms with Gasteiger partial charge in [-0.3, -0.25) is 9.59 Å². The van der Waals surface area contributed by atoms with Crippen molar-refractivity contribution in [3.63, 3.8) is 0 Å². The molecule has 1 aliphatic heterocycles. The Morgan fingerprint density at radius 2 is 1.84 bits per heavy atom. The number of hydrogen-bond donors (Lipinski definition) is 1. The first kappa shape index (κ1) is 21.7. The third-order valence-electron chi connectivity index (χ3n) is 9.74. The molecule has 3 saturated carbocycles. The second-order valence-electron chi connectivity index (χ2n) is 11.2. The van der Waals surface area contributed by atoms with Crippen molar-refractivity contribution in [2.45, 2.75) is 70.9 Å². The normalized spacial score (nSPS) is 40.4. The summed E-state index contributed by atoms with van der Waals surface area (Å²) in [6.07, 6.45) is 11.0. The second kappa shape index (κ2) is 7.71. The zero-order chi connectivity index (χ0) is 22.7. The van der Waals surface area contributed by atoms with Gasteiger partial charge in [-0.1, -0.05) is 32.1 Å². The minimum absolute atomic E-state index is 0.0385. The van der Waals surface area contributed by atoms with Crippen molar-refractivity contribution in [1.82, 2.24) is 10.2 Å². The summed E-state index contributed by atoms with van der Waals surface area (Å²) in [5, 5.41) is 3.36. The Balaban J connectivity index is 1.31. The van der Waals surface area contributed by atoms with E-state index in [0.717, 1.165) is 31.2 Å². The molecular weight excluding hydrogens is 403 g/mol. The fourth-order valence-corrected chi connectivity index (χ4v) is 8.01. The van der Waals surface area contributed by atoms with E-state index in [-0.39, 0.29) is 34.5 Å². The molecule has 7 atom stereocenters. The summed E-state index contributed by atoms with van der Waals surface area (Å²) in [6, 6.07) is 6.73. The van der Waals surface area contributed by atoms with Gasteiger partial charge in [0.15, 0.2) is 0 Å². The molecule has 1 heterocycles. The van der Waals surface area contributed by atoms with Gasteiger partial charge in [0.2, 0.25) is 11.8 Å². The van der Waals surface area contributed by atoms with E-state index in [0.29, 0.717) is 30.2 Å². The molecule has 1 N–H and O–H groups in total. The predicted octanol–water partition coefficient (Wildman–Crippen LogP) is 4.49. The Kier molecular flexibility index (Phi) is 5.22. The van der Waals surface area contributed by atoms with Crippen LogP contribution in [0.3, 0.4) is 0 Å². The van der Waals surface area contributed by atoms with Crippen LogP contribution in [0.1, 0.15) is 57.9 Å². The summed E-state index contributed by atoms with van der Waals surface area (Å²) in [6.45, 7) is 4.76. The lowest BCUT2D eigenvalue weighted by Gasteiger charge is -2.60. The third kappa shape index (κ3) is 3.31. The lowest BCUT2D eigenvalue weighted by molar-refractivity contribution is -0.138. The molecule has 4 nitrogen and oxygen atoms in total. The number of hydrogen-bond acceptors (Lipinski definition) is 2. The van der Waals surface area contributed by atoms with Crippen molar-refractivity contribution in [2.24, 2.45) is 28.6 Å². The standard InChI is InChI=1S/C27H35FN2O2/c1-26-14-12-21-19(8-11-23-27(21,2)15-13-25(32)30(23)3)20(26)9-10-22(26)29-24(31)16-17-4-6-18(28)7-5-17/h4-7,13,15,19-23H,8-12,14,16H2,1-3H3,(H,29,31)/t19-,20-,21-,22-,23+,26-,27+/m0/s1. The highest BCUT2D eigenvalue weighted by atomic mass is 19.1. The van der Waals surface area contributed by atoms with Crippen molar-refractivity contribution in [3.05, 3.63) is 47.8 Å². The van der Waals surface area contributed by atoms with E-state index in [4.69, 9.17) is 0 Å². The summed E-state index contributed by atoms with van der Waals surface area (Å²) in [4.78, 5) is 27.0. The number of nitrogens with zero attached hydrogens (tertiary/aromatic N) is 1. The van der Waals surface area contributed by atoms with Crippen LogP contribution in [0.4, 0.5) is 4.39 Å². The molecule has 5 heteroatoms. The van der Waals surface area contributed by atoms with Crippen molar-refractivity contribution in [1.29, 1.82) is 0 Å². The average Bonchev–Trinajstić information content (AvgIpc) is 3.09. The van der Waals surface area contributed by atoms with Crippen LogP contribution in [0.2, 0.25) is 0 Å². The molecule has 5 rings (SSSR count). The number of likely N-dealkylation sites (N-methyl/N-ethyl adjacent to an activating group) is 1. The topological polar surface area (TPSA) is 49.4 Å². The summed E-state index contributed by atoms with van der Waals surface area (Å²) < 4.78 is 13.2. The maximum absolute atomic E-state index is 13.2. The van der Waals surface area contributed by atoms with Gasteiger partial charge in [0.05, 0.1) is 6.42 Å². The quantitative estimate of drug-likeness (QED) is 0.756. The van der Waals surface area contributed by atoms with Crippen molar-refractivity contribution >= 4 is 11.8 Å². The highest BCUT2D eigenvalue weighted by molar-refractivity contribution is 5.89. The highest BCUT2D eigenvalue weighted by Gasteiger charge is 2.60. The van der Waals surface area contributed by atoms with E-state index in [1.807, 2.05) is 11.9 Å². The van der Waals surface area contributed by atoms with Crippen molar-refractivity contribution < 1.29 is 14.0 Å². The molecule has 0 spiro atoms. The molecule has 32 heavy (non-hydrogen) atoms. The Labute approximate surface area is 190 Å². The van der Waals surface area contributed by atoms with Gasteiger partial charge in [-0.15, -0.1) is 0 Å². The Hall–Kier alpha value is -2.17. The summed E-state index contributed by atoms with van der Waals surface area (Å²) in [5.74, 6) is 1.77. The van der Waals surface area contributed by atoms with Gasteiger partial charge in [-0.25, -0.2) is 4.39 Å². The summed E-state index contributed by atoms with van der Waals surface area (Å²) in [5.41, 5.74) is 1.03. The lowest BCUT2D eigenvalue weighted by Crippen LogP contribution is -2.60. The molecular formula is C27H35FN2O2. The molecule has 0 radical (unpaired) electrons. The van der Waals surface area contributed by atoms with E-state index in [1.54, 1.807) is 18.2 Å². The van der Waals surface area contributed by atoms with E-state index in [9.17, 15) is 14.0 Å². The monoisotopic (exact) mass is 438 g/mol. The SMILES string of the molecule is CN1C(=O)C=C[C@]2(C)[C@H]3CC[C@]4(C)[C@@H](NC(=O)Cc5ccc(F)cc5)CC[C@H]4[C@@H]3CC[C@@H]12. The van der Waals surface area contributed by atoms with Gasteiger partial charge in [0, 0.05) is 24.5 Å². The van der Waals surface area contributed by atoms with Gasteiger partial charge >= 0.3 is 0 Å². The molecule has 2 amide bonds. The summed E-state index contributed by atoms with van der Waals surface area (Å²) in [7, 11) is 1.96. The molecule has 1 aromatic carbocycles. The van der Waals surface area contributed by atoms with E-state index < -0.39 is 0 Å². The molecule has 1 aromatic rings. The molecule has 0 aromatic heterocycles. The second-order valence-corrected chi connectivity index (χ2v) is 11.2. The van der Waals surface area contributed by atoms with Crippen LogP contribution in [-0.4, -0.2) is 35.8 Å². The molecule has 172 valence electrons. The zero-order valence-electron chi connectivity index (χ0n) is 19.4. The molecule has 4 aliphatic rings. The zero-order valence-corrected chi connectivity index (χ0v) is 19.4. The highest BCUT2D eigenvalue weighted by Crippen LogP contribution is 2.63.